The summed E-state index contributed by atoms with van der Waals surface area (Å²) in [6, 6.07) is 4.47. The largest absolute Gasteiger partial charge is 0.484 e. The van der Waals surface area contributed by atoms with E-state index >= 15 is 0 Å². The summed E-state index contributed by atoms with van der Waals surface area (Å²) in [4.78, 5) is 22.0. The normalized spacial score (nSPS) is 11.5. The van der Waals surface area contributed by atoms with Gasteiger partial charge in [0.15, 0.2) is 12.3 Å². The number of imidazole rings is 1. The first-order valence-electron chi connectivity index (χ1n) is 8.20. The van der Waals surface area contributed by atoms with Crippen LogP contribution >= 0.6 is 0 Å². The van der Waals surface area contributed by atoms with E-state index in [0.29, 0.717) is 5.82 Å². The molecule has 2 aromatic heterocycles. The van der Waals surface area contributed by atoms with Gasteiger partial charge in [-0.05, 0) is 18.2 Å². The van der Waals surface area contributed by atoms with Crippen LogP contribution in [0.3, 0.4) is 0 Å². The number of benzene rings is 1. The maximum absolute atomic E-state index is 12.7. The summed E-state index contributed by atoms with van der Waals surface area (Å²) >= 11 is 0. The average molecular weight is 394 g/mol. The van der Waals surface area contributed by atoms with Crippen molar-refractivity contribution in [2.45, 2.75) is 19.3 Å². The van der Waals surface area contributed by atoms with E-state index < -0.39 is 11.7 Å². The van der Waals surface area contributed by atoms with Crippen LogP contribution in [0.15, 0.2) is 47.3 Å². The molecule has 10 heteroatoms. The zero-order valence-corrected chi connectivity index (χ0v) is 15.1. The Morgan fingerprint density at radius 3 is 2.82 bits per heavy atom. The lowest BCUT2D eigenvalue weighted by Gasteiger charge is -2.15. The van der Waals surface area contributed by atoms with Gasteiger partial charge in [0.2, 0.25) is 5.89 Å². The molecule has 3 aromatic rings. The number of alkyl halides is 3. The van der Waals surface area contributed by atoms with E-state index in [0.717, 1.165) is 12.1 Å². The molecule has 0 aliphatic carbocycles. The maximum atomic E-state index is 12.7. The molecule has 0 unspecified atom stereocenters. The number of oxazole rings is 1. The molecule has 1 aromatic carbocycles. The molecule has 0 saturated heterocycles. The summed E-state index contributed by atoms with van der Waals surface area (Å²) in [5.41, 5.74) is -0.747. The third-order valence-electron chi connectivity index (χ3n) is 3.94. The van der Waals surface area contributed by atoms with Crippen molar-refractivity contribution < 1.29 is 27.1 Å². The van der Waals surface area contributed by atoms with Gasteiger partial charge in [-0.2, -0.15) is 13.2 Å². The van der Waals surface area contributed by atoms with Crippen LogP contribution in [0, 0.1) is 0 Å². The van der Waals surface area contributed by atoms with Gasteiger partial charge in [-0.15, -0.1) is 0 Å². The highest BCUT2D eigenvalue weighted by Crippen LogP contribution is 2.31. The van der Waals surface area contributed by atoms with E-state index in [1.807, 2.05) is 7.05 Å². The monoisotopic (exact) mass is 394 g/mol. The van der Waals surface area contributed by atoms with Crippen molar-refractivity contribution in [2.75, 3.05) is 7.05 Å². The molecular weight excluding hydrogens is 377 g/mol. The predicted molar refractivity (Wildman–Crippen MR) is 91.3 cm³/mol. The van der Waals surface area contributed by atoms with Crippen LogP contribution in [-0.4, -0.2) is 32.4 Å². The van der Waals surface area contributed by atoms with E-state index in [4.69, 9.17) is 9.15 Å². The van der Waals surface area contributed by atoms with Crippen LogP contribution in [0.1, 0.15) is 27.8 Å². The van der Waals surface area contributed by atoms with Gasteiger partial charge < -0.3 is 18.6 Å². The SMILES string of the molecule is CN(Cc1nccn1C)C(=O)c1coc(COc2cccc(C(F)(F)F)c2)n1. The first kappa shape index (κ1) is 19.5. The summed E-state index contributed by atoms with van der Waals surface area (Å²) in [6.45, 7) is 0.0724. The zero-order chi connectivity index (χ0) is 20.3. The molecule has 0 saturated carbocycles. The summed E-state index contributed by atoms with van der Waals surface area (Å²) in [6.07, 6.45) is 0.127. The van der Waals surface area contributed by atoms with Gasteiger partial charge in [0.05, 0.1) is 12.1 Å². The van der Waals surface area contributed by atoms with E-state index in [1.165, 1.54) is 23.3 Å². The Kier molecular flexibility index (Phi) is 5.39. The Labute approximate surface area is 158 Å². The number of aromatic nitrogens is 3. The van der Waals surface area contributed by atoms with Gasteiger partial charge in [0.1, 0.15) is 17.8 Å². The molecule has 0 bridgehead atoms. The first-order chi connectivity index (χ1) is 13.2. The molecule has 0 aliphatic rings. The number of halogens is 3. The molecule has 148 valence electrons. The molecule has 2 heterocycles. The molecule has 0 aliphatic heterocycles. The first-order valence-corrected chi connectivity index (χ1v) is 8.20. The van der Waals surface area contributed by atoms with Crippen molar-refractivity contribution in [1.29, 1.82) is 0 Å². The zero-order valence-electron chi connectivity index (χ0n) is 15.1. The molecule has 0 radical (unpaired) electrons. The number of aryl methyl sites for hydroxylation is 1. The lowest BCUT2D eigenvalue weighted by Crippen LogP contribution is -2.27. The molecule has 0 atom stereocenters. The minimum Gasteiger partial charge on any atom is -0.484 e. The van der Waals surface area contributed by atoms with Crippen molar-refractivity contribution in [1.82, 2.24) is 19.4 Å². The number of rotatable bonds is 6. The number of hydrogen-bond acceptors (Lipinski definition) is 5. The Morgan fingerprint density at radius 1 is 1.36 bits per heavy atom. The number of carbonyl (C=O) groups is 1. The van der Waals surface area contributed by atoms with Crippen molar-refractivity contribution in [3.8, 4) is 5.75 Å². The van der Waals surface area contributed by atoms with Crippen LogP contribution in [-0.2, 0) is 26.4 Å². The Morgan fingerprint density at radius 2 is 2.14 bits per heavy atom. The van der Waals surface area contributed by atoms with Crippen LogP contribution < -0.4 is 4.74 Å². The van der Waals surface area contributed by atoms with Crippen molar-refractivity contribution in [3.63, 3.8) is 0 Å². The fourth-order valence-corrected chi connectivity index (χ4v) is 2.41. The summed E-state index contributed by atoms with van der Waals surface area (Å²) in [5, 5.41) is 0. The van der Waals surface area contributed by atoms with Gasteiger partial charge in [-0.25, -0.2) is 9.97 Å². The number of hydrogen-bond donors (Lipinski definition) is 0. The second-order valence-electron chi connectivity index (χ2n) is 6.06. The molecule has 0 spiro atoms. The smallest absolute Gasteiger partial charge is 0.416 e. The minimum atomic E-state index is -4.46. The molecule has 28 heavy (non-hydrogen) atoms. The molecule has 7 nitrogen and oxygen atoms in total. The number of ether oxygens (including phenoxy) is 1. The van der Waals surface area contributed by atoms with Gasteiger partial charge in [0, 0.05) is 26.5 Å². The van der Waals surface area contributed by atoms with E-state index in [9.17, 15) is 18.0 Å². The lowest BCUT2D eigenvalue weighted by atomic mass is 10.2. The van der Waals surface area contributed by atoms with Gasteiger partial charge in [-0.3, -0.25) is 4.79 Å². The van der Waals surface area contributed by atoms with E-state index in [1.54, 1.807) is 24.0 Å². The van der Waals surface area contributed by atoms with E-state index in [2.05, 4.69) is 9.97 Å². The number of amides is 1. The molecular formula is C18H17F3N4O3. The highest BCUT2D eigenvalue weighted by Gasteiger charge is 2.30. The van der Waals surface area contributed by atoms with Gasteiger partial charge in [-0.1, -0.05) is 6.07 Å². The van der Waals surface area contributed by atoms with Crippen molar-refractivity contribution in [2.24, 2.45) is 7.05 Å². The summed E-state index contributed by atoms with van der Waals surface area (Å²) < 4.78 is 50.4. The third-order valence-corrected chi connectivity index (χ3v) is 3.94. The Balaban J connectivity index is 1.61. The second kappa shape index (κ2) is 7.75. The van der Waals surface area contributed by atoms with Gasteiger partial charge in [0.25, 0.3) is 5.91 Å². The number of nitrogens with zero attached hydrogens (tertiary/aromatic N) is 4. The fourth-order valence-electron chi connectivity index (χ4n) is 2.41. The molecule has 1 amide bonds. The summed E-state index contributed by atoms with van der Waals surface area (Å²) in [5.74, 6) is 0.420. The van der Waals surface area contributed by atoms with Crippen LogP contribution in [0.4, 0.5) is 13.2 Å². The quantitative estimate of drug-likeness (QED) is 0.642. The van der Waals surface area contributed by atoms with Crippen LogP contribution in [0.25, 0.3) is 0 Å². The van der Waals surface area contributed by atoms with E-state index in [-0.39, 0.29) is 36.4 Å². The molecule has 3 rings (SSSR count). The Bertz CT molecular complexity index is 965. The highest BCUT2D eigenvalue weighted by molar-refractivity contribution is 5.91. The summed E-state index contributed by atoms with van der Waals surface area (Å²) in [7, 11) is 3.42. The number of carbonyl (C=O) groups excluding carboxylic acids is 1. The standard InChI is InChI=1S/C18H17F3N4O3/c1-24-7-6-22-15(24)9-25(2)17(26)14-10-28-16(23-14)11-27-13-5-3-4-12(8-13)18(19,20)21/h3-8,10H,9,11H2,1-2H3. The molecule has 0 N–H and O–H groups in total. The highest BCUT2D eigenvalue weighted by atomic mass is 19.4. The topological polar surface area (TPSA) is 73.4 Å². The lowest BCUT2D eigenvalue weighted by molar-refractivity contribution is -0.137. The molecule has 0 fully saturated rings. The van der Waals surface area contributed by atoms with Gasteiger partial charge >= 0.3 is 6.18 Å². The van der Waals surface area contributed by atoms with Crippen LogP contribution in [0.5, 0.6) is 5.75 Å². The van der Waals surface area contributed by atoms with Crippen molar-refractivity contribution >= 4 is 5.91 Å². The van der Waals surface area contributed by atoms with Crippen LogP contribution in [0.2, 0.25) is 0 Å². The second-order valence-corrected chi connectivity index (χ2v) is 6.06. The maximum Gasteiger partial charge on any atom is 0.416 e. The predicted octanol–water partition coefficient (Wildman–Crippen LogP) is 3.28. The fraction of sp³-hybridized carbons (Fsp3) is 0.278. The third kappa shape index (κ3) is 4.51. The van der Waals surface area contributed by atoms with Crippen molar-refractivity contribution in [3.05, 3.63) is 65.9 Å². The minimum absolute atomic E-state index is 0.0211. The average Bonchev–Trinajstić information content (AvgIpc) is 3.28. The Hall–Kier alpha value is -3.30.